The monoisotopic (exact) mass is 458 g/mol. The van der Waals surface area contributed by atoms with E-state index in [4.69, 9.17) is 0 Å². The molecule has 4 aromatic rings. The second-order valence-electron chi connectivity index (χ2n) is 9.93. The molecular formula is C32H30N2O. The van der Waals surface area contributed by atoms with Gasteiger partial charge in [-0.3, -0.25) is 0 Å². The Balaban J connectivity index is 1.36. The van der Waals surface area contributed by atoms with Crippen molar-refractivity contribution in [1.82, 2.24) is 0 Å². The van der Waals surface area contributed by atoms with Crippen LogP contribution in [-0.2, 0) is 51.4 Å². The third-order valence-corrected chi connectivity index (χ3v) is 7.52. The molecule has 0 heterocycles. The highest BCUT2D eigenvalue weighted by atomic mass is 16.5. The second kappa shape index (κ2) is 9.50. The van der Waals surface area contributed by atoms with Crippen LogP contribution in [-0.4, -0.2) is 4.86 Å². The highest BCUT2D eigenvalue weighted by Crippen LogP contribution is 2.30. The van der Waals surface area contributed by atoms with Crippen LogP contribution in [0.5, 0.6) is 0 Å². The first-order valence-corrected chi connectivity index (χ1v) is 12.8. The van der Waals surface area contributed by atoms with Gasteiger partial charge < -0.3 is 5.21 Å². The maximum absolute atomic E-state index is 13.6. The van der Waals surface area contributed by atoms with Crippen LogP contribution in [0.15, 0.2) is 90.0 Å². The molecular weight excluding hydrogens is 428 g/mol. The summed E-state index contributed by atoms with van der Waals surface area (Å²) in [5.41, 5.74) is 11.4. The molecule has 4 aromatic carbocycles. The molecule has 0 spiro atoms. The zero-order chi connectivity index (χ0) is 23.6. The van der Waals surface area contributed by atoms with Gasteiger partial charge in [0.05, 0.1) is 0 Å². The summed E-state index contributed by atoms with van der Waals surface area (Å²) in [7, 11) is 0. The molecule has 8 aliphatic rings. The van der Waals surface area contributed by atoms with Gasteiger partial charge >= 0.3 is 0 Å². The molecule has 0 atom stereocenters. The smallest absolute Gasteiger partial charge is 0.248 e. The van der Waals surface area contributed by atoms with E-state index in [2.05, 4.69) is 90.0 Å². The van der Waals surface area contributed by atoms with Gasteiger partial charge in [0.15, 0.2) is 0 Å². The van der Waals surface area contributed by atoms with Gasteiger partial charge in [-0.2, -0.15) is 0 Å². The molecule has 35 heavy (non-hydrogen) atoms. The van der Waals surface area contributed by atoms with E-state index in [0.29, 0.717) is 5.69 Å². The molecule has 12 rings (SSSR count). The Morgan fingerprint density at radius 1 is 0.457 bits per heavy atom. The van der Waals surface area contributed by atoms with Gasteiger partial charge in [0.25, 0.3) is 0 Å². The van der Waals surface area contributed by atoms with Crippen LogP contribution < -0.4 is 0 Å². The Bertz CT molecular complexity index is 1380. The molecule has 3 nitrogen and oxygen atoms in total. The molecule has 8 bridgehead atoms. The van der Waals surface area contributed by atoms with Crippen LogP contribution in [0, 0.1) is 5.21 Å². The molecule has 174 valence electrons. The van der Waals surface area contributed by atoms with Crippen LogP contribution >= 0.6 is 0 Å². The lowest BCUT2D eigenvalue weighted by molar-refractivity contribution is -0.436. The van der Waals surface area contributed by atoms with E-state index in [1.807, 2.05) is 0 Å². The van der Waals surface area contributed by atoms with Crippen molar-refractivity contribution in [3.05, 3.63) is 135 Å². The van der Waals surface area contributed by atoms with Gasteiger partial charge in [-0.05, 0) is 101 Å². The Hall–Kier alpha value is -3.72. The summed E-state index contributed by atoms with van der Waals surface area (Å²) < 4.78 is 0. The number of rotatable bonds is 2. The molecule has 0 amide bonds. The Labute approximate surface area is 207 Å². The van der Waals surface area contributed by atoms with E-state index in [0.717, 1.165) is 73.0 Å². The van der Waals surface area contributed by atoms with Crippen molar-refractivity contribution in [3.63, 3.8) is 0 Å². The fourth-order valence-corrected chi connectivity index (χ4v) is 5.26. The largest absolute Gasteiger partial charge is 0.594 e. The zero-order valence-corrected chi connectivity index (χ0v) is 20.0. The lowest BCUT2D eigenvalue weighted by Crippen LogP contribution is -2.03. The lowest BCUT2D eigenvalue weighted by Gasteiger charge is -2.13. The van der Waals surface area contributed by atoms with Crippen molar-refractivity contribution >= 4 is 11.4 Å². The summed E-state index contributed by atoms with van der Waals surface area (Å²) in [6.07, 6.45) is 7.38. The number of nitrogens with zero attached hydrogens (tertiary/aromatic N) is 2. The van der Waals surface area contributed by atoms with Gasteiger partial charge in [0.1, 0.15) is 5.69 Å². The normalized spacial score (nSPS) is 15.4. The predicted octanol–water partition coefficient (Wildman–Crippen LogP) is 7.38. The number of azo groups is 1. The van der Waals surface area contributed by atoms with Crippen molar-refractivity contribution in [2.24, 2.45) is 5.11 Å². The maximum Gasteiger partial charge on any atom is 0.248 e. The highest BCUT2D eigenvalue weighted by molar-refractivity contribution is 5.50. The molecule has 8 aliphatic carbocycles. The predicted molar refractivity (Wildman–Crippen MR) is 141 cm³/mol. The molecule has 0 N–H and O–H groups in total. The summed E-state index contributed by atoms with van der Waals surface area (Å²) >= 11 is 0. The van der Waals surface area contributed by atoms with Gasteiger partial charge in [-0.1, -0.05) is 72.8 Å². The number of hydrogen-bond acceptors (Lipinski definition) is 2. The van der Waals surface area contributed by atoms with Crippen molar-refractivity contribution in [3.8, 4) is 0 Å². The summed E-state index contributed by atoms with van der Waals surface area (Å²) in [5, 5.41) is 18.2. The third kappa shape index (κ3) is 4.90. The van der Waals surface area contributed by atoms with Crippen LogP contribution in [0.25, 0.3) is 0 Å². The molecule has 0 radical (unpaired) electrons. The highest BCUT2D eigenvalue weighted by Gasteiger charge is 2.17. The quantitative estimate of drug-likeness (QED) is 0.175. The summed E-state index contributed by atoms with van der Waals surface area (Å²) in [6.45, 7) is 0. The van der Waals surface area contributed by atoms with Crippen LogP contribution in [0.2, 0.25) is 0 Å². The van der Waals surface area contributed by atoms with Gasteiger partial charge in [0.2, 0.25) is 5.69 Å². The third-order valence-electron chi connectivity index (χ3n) is 7.52. The van der Waals surface area contributed by atoms with Crippen LogP contribution in [0.3, 0.4) is 0 Å². The average Bonchev–Trinajstić information content (AvgIpc) is 2.87. The number of hydrogen-bond donors (Lipinski definition) is 0. The standard InChI is InChI=1S/C32H30N2O/c35-34(32-22-28-12-10-24-3-7-26(8-4-24)14-19-30(32)20-16-28)33-31-21-27-11-9-23-1-5-25(6-2-23)13-17-29(31)18-15-27/h1-8,15-16,18,20-22H,9-14,17,19H2. The molecule has 0 fully saturated rings. The number of benzene rings is 4. The number of aryl methyl sites for hydroxylation is 8. The van der Waals surface area contributed by atoms with Gasteiger partial charge in [-0.15, -0.1) is 0 Å². The van der Waals surface area contributed by atoms with E-state index in [1.54, 1.807) is 0 Å². The molecule has 3 heteroatoms. The Kier molecular flexibility index (Phi) is 5.91. The van der Waals surface area contributed by atoms with E-state index in [9.17, 15) is 5.21 Å². The molecule has 0 unspecified atom stereocenters. The maximum atomic E-state index is 13.6. The van der Waals surface area contributed by atoms with Gasteiger partial charge in [-0.25, -0.2) is 0 Å². The first-order chi connectivity index (χ1) is 17.2. The second-order valence-corrected chi connectivity index (χ2v) is 9.93. The Morgan fingerprint density at radius 2 is 0.857 bits per heavy atom. The van der Waals surface area contributed by atoms with Crippen molar-refractivity contribution in [2.45, 2.75) is 51.4 Å². The average molecular weight is 459 g/mol. The minimum absolute atomic E-state index is 0.685. The lowest BCUT2D eigenvalue weighted by atomic mass is 9.95. The topological polar surface area (TPSA) is 38.4 Å². The van der Waals surface area contributed by atoms with Crippen LogP contribution in [0.4, 0.5) is 11.4 Å². The van der Waals surface area contributed by atoms with Crippen molar-refractivity contribution in [2.75, 3.05) is 0 Å². The first-order valence-electron chi connectivity index (χ1n) is 12.8. The Morgan fingerprint density at radius 3 is 1.43 bits per heavy atom. The van der Waals surface area contributed by atoms with Gasteiger partial charge in [0, 0.05) is 16.7 Å². The van der Waals surface area contributed by atoms with E-state index in [1.165, 1.54) is 33.4 Å². The summed E-state index contributed by atoms with van der Waals surface area (Å²) in [5.74, 6) is 0. The molecule has 0 aromatic heterocycles. The van der Waals surface area contributed by atoms with Crippen LogP contribution in [0.1, 0.15) is 44.5 Å². The first kappa shape index (κ1) is 21.8. The minimum Gasteiger partial charge on any atom is -0.594 e. The fourth-order valence-electron chi connectivity index (χ4n) is 5.26. The van der Waals surface area contributed by atoms with Crippen molar-refractivity contribution < 1.29 is 4.86 Å². The fraction of sp³-hybridized carbons (Fsp3) is 0.250. The van der Waals surface area contributed by atoms with E-state index >= 15 is 0 Å². The molecule has 0 saturated heterocycles. The zero-order valence-electron chi connectivity index (χ0n) is 20.0. The molecule has 0 saturated carbocycles. The van der Waals surface area contributed by atoms with E-state index < -0.39 is 0 Å². The van der Waals surface area contributed by atoms with E-state index in [-0.39, 0.29) is 0 Å². The van der Waals surface area contributed by atoms with Crippen molar-refractivity contribution in [1.29, 1.82) is 0 Å². The summed E-state index contributed by atoms with van der Waals surface area (Å²) in [4.78, 5) is 0.884. The minimum atomic E-state index is 0.685. The SMILES string of the molecule is [O-][N+](=Nc1cc2ccc1CCc1ccc(cc1)CC2)c1cc2ccc1CCc1ccc(cc1)CC2. The molecule has 0 aliphatic heterocycles. The summed E-state index contributed by atoms with van der Waals surface area (Å²) in [6, 6.07) is 30.7.